The number of benzene rings is 2. The highest BCUT2D eigenvalue weighted by atomic mass is 19.1. The maximum absolute atomic E-state index is 11.8. The van der Waals surface area contributed by atoms with E-state index >= 15 is 0 Å². The van der Waals surface area contributed by atoms with Gasteiger partial charge < -0.3 is 9.47 Å². The van der Waals surface area contributed by atoms with E-state index in [1.807, 2.05) is 36.4 Å². The molecule has 0 aromatic heterocycles. The summed E-state index contributed by atoms with van der Waals surface area (Å²) in [5.41, 5.74) is 2.78. The zero-order valence-electron chi connectivity index (χ0n) is 16.3. The molecule has 0 saturated heterocycles. The number of ether oxygens (including phenoxy) is 2. The van der Waals surface area contributed by atoms with Gasteiger partial charge in [0, 0.05) is 0 Å². The predicted octanol–water partition coefficient (Wildman–Crippen LogP) is 6.15. The molecule has 0 spiro atoms. The molecule has 0 saturated carbocycles. The monoisotopic (exact) mass is 346 g/mol. The van der Waals surface area contributed by atoms with E-state index in [2.05, 4.69) is 46.8 Å². The molecule has 0 fully saturated rings. The van der Waals surface area contributed by atoms with Gasteiger partial charge in [-0.05, 0) is 46.7 Å². The zero-order valence-corrected chi connectivity index (χ0v) is 16.3. The second kappa shape index (κ2) is 10.1. The van der Waals surface area contributed by atoms with Crippen LogP contribution in [-0.4, -0.2) is 20.4 Å². The highest BCUT2D eigenvalue weighted by Crippen LogP contribution is 2.24. The first-order valence-corrected chi connectivity index (χ1v) is 8.71. The average Bonchev–Trinajstić information content (AvgIpc) is 2.60. The molecule has 25 heavy (non-hydrogen) atoms. The van der Waals surface area contributed by atoms with Gasteiger partial charge in [-0.3, -0.25) is 0 Å². The fraction of sp³-hybridized carbons (Fsp3) is 0.455. The van der Waals surface area contributed by atoms with Gasteiger partial charge in [0.05, 0.1) is 7.11 Å². The lowest BCUT2D eigenvalue weighted by atomic mass is 9.87. The van der Waals surface area contributed by atoms with Gasteiger partial charge in [0.2, 0.25) is 0 Å². The number of halogens is 1. The number of methoxy groups -OCH3 is 1. The van der Waals surface area contributed by atoms with Crippen LogP contribution < -0.4 is 9.47 Å². The second-order valence-electron chi connectivity index (χ2n) is 7.24. The lowest BCUT2D eigenvalue weighted by molar-refractivity contribution is 0.273. The number of alkyl halides is 1. The Morgan fingerprint density at radius 3 is 2.08 bits per heavy atom. The average molecular weight is 346 g/mol. The lowest BCUT2D eigenvalue weighted by Gasteiger charge is -2.18. The van der Waals surface area contributed by atoms with Crippen LogP contribution in [0, 0.1) is 0 Å². The Labute approximate surface area is 152 Å². The Morgan fingerprint density at radius 2 is 1.60 bits per heavy atom. The summed E-state index contributed by atoms with van der Waals surface area (Å²) in [6.45, 7) is 10.6. The number of hydrogen-bond donors (Lipinski definition) is 0. The first-order chi connectivity index (χ1) is 11.8. The Hall–Kier alpha value is -2.03. The third kappa shape index (κ3) is 7.59. The summed E-state index contributed by atoms with van der Waals surface area (Å²) in [6, 6.07) is 16.0. The summed E-state index contributed by atoms with van der Waals surface area (Å²) in [6.07, 6.45) is 0. The third-order valence-electron chi connectivity index (χ3n) is 3.83. The van der Waals surface area contributed by atoms with E-state index in [0.29, 0.717) is 5.92 Å². The smallest absolute Gasteiger partial charge is 0.123 e. The van der Waals surface area contributed by atoms with E-state index in [0.717, 1.165) is 11.5 Å². The molecular formula is C22H31FO2. The SMILES string of the molecule is CC(C)c1cccc(OCCF)c1.COc1ccc(C(C)(C)C)cc1. The van der Waals surface area contributed by atoms with Crippen molar-refractivity contribution in [1.82, 2.24) is 0 Å². The normalized spacial score (nSPS) is 10.9. The minimum Gasteiger partial charge on any atom is -0.497 e. The second-order valence-corrected chi connectivity index (χ2v) is 7.24. The van der Waals surface area contributed by atoms with E-state index in [-0.39, 0.29) is 12.0 Å². The Kier molecular flexibility index (Phi) is 8.47. The van der Waals surface area contributed by atoms with Crippen LogP contribution in [0.3, 0.4) is 0 Å². The van der Waals surface area contributed by atoms with Crippen molar-refractivity contribution in [2.75, 3.05) is 20.4 Å². The van der Waals surface area contributed by atoms with Crippen LogP contribution in [0.4, 0.5) is 4.39 Å². The number of hydrogen-bond acceptors (Lipinski definition) is 2. The molecule has 0 aliphatic carbocycles. The molecule has 0 unspecified atom stereocenters. The fourth-order valence-corrected chi connectivity index (χ4v) is 2.21. The van der Waals surface area contributed by atoms with Crippen molar-refractivity contribution in [3.05, 3.63) is 59.7 Å². The van der Waals surface area contributed by atoms with Crippen molar-refractivity contribution < 1.29 is 13.9 Å². The minimum atomic E-state index is -0.439. The van der Waals surface area contributed by atoms with Gasteiger partial charge >= 0.3 is 0 Å². The van der Waals surface area contributed by atoms with Crippen LogP contribution in [-0.2, 0) is 5.41 Å². The maximum Gasteiger partial charge on any atom is 0.123 e. The van der Waals surface area contributed by atoms with Crippen LogP contribution in [0.2, 0.25) is 0 Å². The van der Waals surface area contributed by atoms with Gasteiger partial charge in [0.25, 0.3) is 0 Å². The van der Waals surface area contributed by atoms with E-state index in [9.17, 15) is 4.39 Å². The van der Waals surface area contributed by atoms with Gasteiger partial charge in [-0.2, -0.15) is 0 Å². The largest absolute Gasteiger partial charge is 0.497 e. The molecule has 0 radical (unpaired) electrons. The van der Waals surface area contributed by atoms with Crippen LogP contribution in [0.25, 0.3) is 0 Å². The molecule has 0 N–H and O–H groups in total. The van der Waals surface area contributed by atoms with E-state index < -0.39 is 6.67 Å². The third-order valence-corrected chi connectivity index (χ3v) is 3.83. The summed E-state index contributed by atoms with van der Waals surface area (Å²) < 4.78 is 22.1. The van der Waals surface area contributed by atoms with Gasteiger partial charge in [0.1, 0.15) is 24.8 Å². The summed E-state index contributed by atoms with van der Waals surface area (Å²) in [5, 5.41) is 0. The molecule has 2 aromatic carbocycles. The Bertz CT molecular complexity index is 613. The predicted molar refractivity (Wildman–Crippen MR) is 104 cm³/mol. The highest BCUT2D eigenvalue weighted by molar-refractivity contribution is 5.31. The maximum atomic E-state index is 11.8. The Balaban J connectivity index is 0.000000251. The molecule has 0 aliphatic heterocycles. The zero-order chi connectivity index (χ0) is 18.9. The van der Waals surface area contributed by atoms with E-state index in [1.54, 1.807) is 7.11 Å². The molecule has 0 aliphatic rings. The minimum absolute atomic E-state index is 0.140. The summed E-state index contributed by atoms with van der Waals surface area (Å²) in [4.78, 5) is 0. The summed E-state index contributed by atoms with van der Waals surface area (Å²) in [7, 11) is 1.69. The molecular weight excluding hydrogens is 315 g/mol. The van der Waals surface area contributed by atoms with Crippen molar-refractivity contribution in [2.45, 2.75) is 46.0 Å². The molecule has 138 valence electrons. The molecule has 3 heteroatoms. The quantitative estimate of drug-likeness (QED) is 0.646. The van der Waals surface area contributed by atoms with Crippen molar-refractivity contribution >= 4 is 0 Å². The molecule has 2 aromatic rings. The van der Waals surface area contributed by atoms with Crippen molar-refractivity contribution in [2.24, 2.45) is 0 Å². The van der Waals surface area contributed by atoms with Gasteiger partial charge in [-0.25, -0.2) is 4.39 Å². The molecule has 2 nitrogen and oxygen atoms in total. The molecule has 0 atom stereocenters. The van der Waals surface area contributed by atoms with Crippen LogP contribution >= 0.6 is 0 Å². The van der Waals surface area contributed by atoms with Crippen molar-refractivity contribution in [3.63, 3.8) is 0 Å². The van der Waals surface area contributed by atoms with Crippen LogP contribution in [0.1, 0.15) is 51.7 Å². The van der Waals surface area contributed by atoms with Crippen LogP contribution in [0.5, 0.6) is 11.5 Å². The summed E-state index contributed by atoms with van der Waals surface area (Å²) >= 11 is 0. The fourth-order valence-electron chi connectivity index (χ4n) is 2.21. The summed E-state index contributed by atoms with van der Waals surface area (Å²) in [5.74, 6) is 2.15. The van der Waals surface area contributed by atoms with Gasteiger partial charge in [-0.15, -0.1) is 0 Å². The van der Waals surface area contributed by atoms with Crippen LogP contribution in [0.15, 0.2) is 48.5 Å². The molecule has 0 amide bonds. The molecule has 2 rings (SSSR count). The van der Waals surface area contributed by atoms with E-state index in [1.165, 1.54) is 11.1 Å². The lowest BCUT2D eigenvalue weighted by Crippen LogP contribution is -2.10. The molecule has 0 bridgehead atoms. The van der Waals surface area contributed by atoms with Gasteiger partial charge in [-0.1, -0.05) is 58.9 Å². The van der Waals surface area contributed by atoms with Crippen molar-refractivity contribution in [3.8, 4) is 11.5 Å². The number of rotatable bonds is 5. The first kappa shape index (κ1) is 21.0. The topological polar surface area (TPSA) is 18.5 Å². The Morgan fingerprint density at radius 1 is 0.960 bits per heavy atom. The highest BCUT2D eigenvalue weighted by Gasteiger charge is 2.12. The molecule has 0 heterocycles. The van der Waals surface area contributed by atoms with E-state index in [4.69, 9.17) is 9.47 Å². The standard InChI is InChI=1S/C11H15FO.C11H16O/c1-9(2)10-4-3-5-11(8-10)13-7-6-12;1-11(2,3)9-5-7-10(12-4)8-6-9/h3-5,8-9H,6-7H2,1-2H3;5-8H,1-4H3. The van der Waals surface area contributed by atoms with Gasteiger partial charge in [0.15, 0.2) is 0 Å². The van der Waals surface area contributed by atoms with Crippen molar-refractivity contribution in [1.29, 1.82) is 0 Å². The first-order valence-electron chi connectivity index (χ1n) is 8.71.